The summed E-state index contributed by atoms with van der Waals surface area (Å²) in [5.41, 5.74) is 0.856. The van der Waals surface area contributed by atoms with E-state index < -0.39 is 6.16 Å². The maximum atomic E-state index is 9.95. The van der Waals surface area contributed by atoms with Crippen molar-refractivity contribution < 1.29 is 14.6 Å². The van der Waals surface area contributed by atoms with Crippen molar-refractivity contribution in [3.8, 4) is 0 Å². The van der Waals surface area contributed by atoms with E-state index in [0.29, 0.717) is 0 Å². The lowest BCUT2D eigenvalue weighted by atomic mass is 10.2. The highest BCUT2D eigenvalue weighted by molar-refractivity contribution is 5.75. The highest BCUT2D eigenvalue weighted by Crippen LogP contribution is 1.99. The van der Waals surface area contributed by atoms with Gasteiger partial charge in [-0.3, -0.25) is 0 Å². The van der Waals surface area contributed by atoms with Crippen LogP contribution < -0.4 is 0 Å². The van der Waals surface area contributed by atoms with E-state index in [1.807, 2.05) is 30.3 Å². The minimum absolute atomic E-state index is 0. The number of benzene rings is 1. The molecule has 0 bridgehead atoms. The molecule has 3 nitrogen and oxygen atoms in total. The van der Waals surface area contributed by atoms with E-state index in [1.165, 1.54) is 0 Å². The number of carbonyl (C=O) groups is 1. The lowest BCUT2D eigenvalue weighted by Crippen LogP contribution is -1.99. The molecule has 3 radical (unpaired) electrons. The molecule has 0 aromatic heterocycles. The van der Waals surface area contributed by atoms with Crippen LogP contribution >= 0.6 is 0 Å². The predicted octanol–water partition coefficient (Wildman–Crippen LogP) is 1.50. The van der Waals surface area contributed by atoms with Gasteiger partial charge in [-0.05, 0) is 5.56 Å². The average Bonchev–Trinajstić information content (AvgIpc) is 2.03. The fourth-order valence-electron chi connectivity index (χ4n) is 0.719. The molecule has 12 heavy (non-hydrogen) atoms. The van der Waals surface area contributed by atoms with Crippen LogP contribution in [-0.4, -0.2) is 19.7 Å². The van der Waals surface area contributed by atoms with Gasteiger partial charge in [-0.25, -0.2) is 4.79 Å². The van der Waals surface area contributed by atoms with Crippen LogP contribution in [0, 0.1) is 0 Å². The Morgan fingerprint density at radius 3 is 2.42 bits per heavy atom. The molecule has 0 amide bonds. The van der Waals surface area contributed by atoms with Gasteiger partial charge in [0, 0.05) is 8.41 Å². The topological polar surface area (TPSA) is 46.5 Å². The van der Waals surface area contributed by atoms with E-state index in [0.717, 1.165) is 5.56 Å². The Morgan fingerprint density at radius 1 is 1.33 bits per heavy atom. The summed E-state index contributed by atoms with van der Waals surface area (Å²) in [4.78, 5) is 9.95. The Balaban J connectivity index is 0.00000121. The second-order valence-corrected chi connectivity index (χ2v) is 2.04. The highest BCUT2D eigenvalue weighted by atomic mass is 16.7. The average molecular weight is 163 g/mol. The zero-order valence-electron chi connectivity index (χ0n) is 6.43. The van der Waals surface area contributed by atoms with Crippen molar-refractivity contribution in [1.82, 2.24) is 0 Å². The Morgan fingerprint density at radius 2 is 1.92 bits per heavy atom. The third-order valence-corrected chi connectivity index (χ3v) is 1.21. The molecule has 1 rings (SSSR count). The zero-order valence-corrected chi connectivity index (χ0v) is 6.43. The van der Waals surface area contributed by atoms with Gasteiger partial charge in [-0.2, -0.15) is 0 Å². The molecule has 0 saturated heterocycles. The quantitative estimate of drug-likeness (QED) is 0.530. The maximum absolute atomic E-state index is 9.95. The largest absolute Gasteiger partial charge is 0.506 e. The van der Waals surface area contributed by atoms with Gasteiger partial charge in [-0.15, -0.1) is 0 Å². The molecule has 0 aliphatic carbocycles. The fourth-order valence-corrected chi connectivity index (χ4v) is 0.719. The summed E-state index contributed by atoms with van der Waals surface area (Å²) >= 11 is 0. The summed E-state index contributed by atoms with van der Waals surface area (Å²) < 4.78 is 4.34. The molecular formula is C8H8BO3. The molecule has 0 spiro atoms. The molecule has 0 heterocycles. The summed E-state index contributed by atoms with van der Waals surface area (Å²) in [5, 5.41) is 8.15. The Kier molecular flexibility index (Phi) is 4.61. The van der Waals surface area contributed by atoms with Crippen LogP contribution in [0.15, 0.2) is 30.3 Å². The Bertz CT molecular complexity index is 235. The molecule has 1 aromatic carbocycles. The number of hydrogen-bond acceptors (Lipinski definition) is 2. The van der Waals surface area contributed by atoms with E-state index in [2.05, 4.69) is 4.74 Å². The molecule has 1 aromatic rings. The molecular weight excluding hydrogens is 155 g/mol. The van der Waals surface area contributed by atoms with Crippen LogP contribution in [0.25, 0.3) is 0 Å². The van der Waals surface area contributed by atoms with E-state index in [4.69, 9.17) is 5.11 Å². The van der Waals surface area contributed by atoms with Gasteiger partial charge < -0.3 is 9.84 Å². The lowest BCUT2D eigenvalue weighted by molar-refractivity contribution is 0.0854. The van der Waals surface area contributed by atoms with Crippen LogP contribution in [-0.2, 0) is 11.3 Å². The monoisotopic (exact) mass is 163 g/mol. The molecule has 4 heteroatoms. The van der Waals surface area contributed by atoms with Crippen LogP contribution in [0.4, 0.5) is 4.79 Å². The minimum atomic E-state index is -1.24. The van der Waals surface area contributed by atoms with Crippen molar-refractivity contribution >= 4 is 14.6 Å². The smallest absolute Gasteiger partial charge is 0.450 e. The third kappa shape index (κ3) is 3.66. The van der Waals surface area contributed by atoms with Crippen LogP contribution in [0.5, 0.6) is 0 Å². The molecule has 1 N–H and O–H groups in total. The van der Waals surface area contributed by atoms with Gasteiger partial charge in [-0.1, -0.05) is 30.3 Å². The zero-order chi connectivity index (χ0) is 8.10. The highest BCUT2D eigenvalue weighted by Gasteiger charge is 1.95. The van der Waals surface area contributed by atoms with Crippen molar-refractivity contribution in [2.24, 2.45) is 0 Å². The van der Waals surface area contributed by atoms with E-state index in [-0.39, 0.29) is 15.0 Å². The predicted molar refractivity (Wildman–Crippen MR) is 45.0 cm³/mol. The minimum Gasteiger partial charge on any atom is -0.450 e. The standard InChI is InChI=1S/C8H8O3.B/c9-8(10)11-6-7-4-2-1-3-5-7;/h1-5H,6H2,(H,9,10);. The second kappa shape index (κ2) is 5.24. The summed E-state index contributed by atoms with van der Waals surface area (Å²) in [6.07, 6.45) is -1.24. The molecule has 0 fully saturated rings. The Hall–Kier alpha value is -1.45. The van der Waals surface area contributed by atoms with Crippen LogP contribution in [0.2, 0.25) is 0 Å². The lowest BCUT2D eigenvalue weighted by Gasteiger charge is -1.98. The van der Waals surface area contributed by atoms with Crippen molar-refractivity contribution in [3.05, 3.63) is 35.9 Å². The number of hydrogen-bond donors (Lipinski definition) is 1. The van der Waals surface area contributed by atoms with Crippen molar-refractivity contribution in [2.75, 3.05) is 0 Å². The Labute approximate surface area is 72.6 Å². The van der Waals surface area contributed by atoms with E-state index >= 15 is 0 Å². The molecule has 0 aliphatic heterocycles. The second-order valence-electron chi connectivity index (χ2n) is 2.04. The molecule has 0 atom stereocenters. The van der Waals surface area contributed by atoms with Crippen LogP contribution in [0.1, 0.15) is 5.56 Å². The van der Waals surface area contributed by atoms with E-state index in [9.17, 15) is 4.79 Å². The maximum Gasteiger partial charge on any atom is 0.506 e. The van der Waals surface area contributed by atoms with Crippen molar-refractivity contribution in [1.29, 1.82) is 0 Å². The van der Waals surface area contributed by atoms with Gasteiger partial charge in [0.1, 0.15) is 6.61 Å². The summed E-state index contributed by atoms with van der Waals surface area (Å²) in [5.74, 6) is 0. The molecule has 0 aliphatic rings. The first-order chi connectivity index (χ1) is 5.29. The normalized spacial score (nSPS) is 8.33. The van der Waals surface area contributed by atoms with Gasteiger partial charge >= 0.3 is 6.16 Å². The first-order valence-electron chi connectivity index (χ1n) is 3.18. The van der Waals surface area contributed by atoms with Crippen LogP contribution in [0.3, 0.4) is 0 Å². The van der Waals surface area contributed by atoms with Crippen molar-refractivity contribution in [2.45, 2.75) is 6.61 Å². The van der Waals surface area contributed by atoms with Gasteiger partial charge in [0.05, 0.1) is 0 Å². The van der Waals surface area contributed by atoms with Gasteiger partial charge in [0.2, 0.25) is 0 Å². The molecule has 0 unspecified atom stereocenters. The number of rotatable bonds is 2. The van der Waals surface area contributed by atoms with Gasteiger partial charge in [0.25, 0.3) is 0 Å². The fraction of sp³-hybridized carbons (Fsp3) is 0.125. The van der Waals surface area contributed by atoms with Crippen molar-refractivity contribution in [3.63, 3.8) is 0 Å². The molecule has 61 valence electrons. The SMILES string of the molecule is O=C(O)OCc1ccccc1.[B]. The van der Waals surface area contributed by atoms with Gasteiger partial charge in [0.15, 0.2) is 0 Å². The number of ether oxygens (including phenoxy) is 1. The third-order valence-electron chi connectivity index (χ3n) is 1.21. The van der Waals surface area contributed by atoms with E-state index in [1.54, 1.807) is 0 Å². The first-order valence-corrected chi connectivity index (χ1v) is 3.18. The molecule has 0 saturated carbocycles. The number of carboxylic acid groups (broad SMARTS) is 1. The summed E-state index contributed by atoms with van der Waals surface area (Å²) in [6, 6.07) is 9.15. The summed E-state index contributed by atoms with van der Waals surface area (Å²) in [6.45, 7) is 0.121. The summed E-state index contributed by atoms with van der Waals surface area (Å²) in [7, 11) is 0. The first kappa shape index (κ1) is 10.6.